The number of rotatable bonds is 11. The largest absolute Gasteiger partial charge is 0.460 e. The minimum absolute atomic E-state index is 0. The van der Waals surface area contributed by atoms with Gasteiger partial charge in [0.1, 0.15) is 13.2 Å². The number of carbonyl (C=O) groups is 2. The van der Waals surface area contributed by atoms with Crippen molar-refractivity contribution in [2.75, 3.05) is 51.2 Å². The molecule has 1 amide bonds. The molecule has 0 radical (unpaired) electrons. The summed E-state index contributed by atoms with van der Waals surface area (Å²) in [7, 11) is -1.47. The third-order valence-electron chi connectivity index (χ3n) is 2.35. The number of hydrogen-bond acceptors (Lipinski definition) is 6. The Labute approximate surface area is 140 Å². The van der Waals surface area contributed by atoms with Crippen LogP contribution in [0.25, 0.3) is 0 Å². The second-order valence-electron chi connectivity index (χ2n) is 5.13. The van der Waals surface area contributed by atoms with Gasteiger partial charge in [-0.2, -0.15) is 0 Å². The molecule has 0 bridgehead atoms. The highest BCUT2D eigenvalue weighted by Gasteiger charge is 2.06. The van der Waals surface area contributed by atoms with Crippen LogP contribution in [0.15, 0.2) is 12.2 Å². The molecule has 0 saturated carbocycles. The molecule has 0 heterocycles. The standard InChI is InChI=1S/C14H27NO6S.H2O.H2/c1-12(2)13(16)20-8-6-15-14(17)21-10-9-19-7-5-11-22(3,4)18;;/h18H,1,5-11H2,2-4H3,(H,15,17);1H2;1H. The van der Waals surface area contributed by atoms with Crippen molar-refractivity contribution in [2.24, 2.45) is 0 Å². The van der Waals surface area contributed by atoms with E-state index in [0.717, 1.165) is 12.2 Å². The van der Waals surface area contributed by atoms with Crippen LogP contribution < -0.4 is 5.32 Å². The fraction of sp³-hybridized carbons (Fsp3) is 0.714. The molecule has 0 aromatic carbocycles. The molecule has 0 rings (SSSR count). The number of nitrogens with one attached hydrogen (secondary N) is 1. The summed E-state index contributed by atoms with van der Waals surface area (Å²) in [6, 6.07) is 0. The monoisotopic (exact) mass is 357 g/mol. The lowest BCUT2D eigenvalue weighted by Crippen LogP contribution is -2.29. The Morgan fingerprint density at radius 2 is 1.83 bits per heavy atom. The van der Waals surface area contributed by atoms with E-state index in [2.05, 4.69) is 11.9 Å². The summed E-state index contributed by atoms with van der Waals surface area (Å²) in [6.07, 6.45) is 3.84. The molecule has 23 heavy (non-hydrogen) atoms. The highest BCUT2D eigenvalue weighted by atomic mass is 32.3. The zero-order valence-electron chi connectivity index (χ0n) is 14.1. The van der Waals surface area contributed by atoms with E-state index in [0.29, 0.717) is 18.8 Å². The number of hydrogen-bond donors (Lipinski definition) is 2. The molecule has 0 aromatic rings. The van der Waals surface area contributed by atoms with E-state index in [4.69, 9.17) is 14.2 Å². The SMILES string of the molecule is C=C(C)C(=O)OCCNC(=O)OCCOCCCS(C)(C)O.O.[HH]. The molecule has 9 heteroatoms. The van der Waals surface area contributed by atoms with Crippen LogP contribution in [0, 0.1) is 0 Å². The summed E-state index contributed by atoms with van der Waals surface area (Å²) in [5, 5.41) is 2.45. The average Bonchev–Trinajstić information content (AvgIpc) is 2.40. The molecule has 0 fully saturated rings. The molecule has 0 aliphatic heterocycles. The predicted octanol–water partition coefficient (Wildman–Crippen LogP) is 1.20. The number of carbonyl (C=O) groups excluding carboxylic acids is 2. The highest BCUT2D eigenvalue weighted by molar-refractivity contribution is 8.28. The summed E-state index contributed by atoms with van der Waals surface area (Å²) < 4.78 is 24.5. The fourth-order valence-electron chi connectivity index (χ4n) is 1.28. The minimum Gasteiger partial charge on any atom is -0.460 e. The lowest BCUT2D eigenvalue weighted by atomic mass is 10.4. The van der Waals surface area contributed by atoms with E-state index in [1.807, 2.05) is 12.5 Å². The van der Waals surface area contributed by atoms with Gasteiger partial charge in [0, 0.05) is 19.4 Å². The zero-order valence-corrected chi connectivity index (χ0v) is 14.9. The summed E-state index contributed by atoms with van der Waals surface area (Å²) in [5.74, 6) is 0.244. The zero-order chi connectivity index (χ0) is 17.0. The molecule has 0 aromatic heterocycles. The summed E-state index contributed by atoms with van der Waals surface area (Å²) in [5.41, 5.74) is 0.311. The minimum atomic E-state index is -1.47. The van der Waals surface area contributed by atoms with Gasteiger partial charge < -0.3 is 29.6 Å². The third kappa shape index (κ3) is 16.9. The number of amides is 1. The summed E-state index contributed by atoms with van der Waals surface area (Å²) in [6.45, 7) is 6.21. The molecular formula is C14H31NO7S. The second-order valence-corrected chi connectivity index (χ2v) is 8.50. The summed E-state index contributed by atoms with van der Waals surface area (Å²) in [4.78, 5) is 22.3. The van der Waals surface area contributed by atoms with Crippen LogP contribution in [0.4, 0.5) is 4.79 Å². The van der Waals surface area contributed by atoms with Gasteiger partial charge >= 0.3 is 12.1 Å². The molecule has 0 spiro atoms. The van der Waals surface area contributed by atoms with Crippen molar-refractivity contribution in [2.45, 2.75) is 13.3 Å². The van der Waals surface area contributed by atoms with Crippen LogP contribution in [0.1, 0.15) is 14.8 Å². The maximum Gasteiger partial charge on any atom is 0.407 e. The lowest BCUT2D eigenvalue weighted by molar-refractivity contribution is -0.138. The van der Waals surface area contributed by atoms with Gasteiger partial charge in [-0.1, -0.05) is 6.58 Å². The van der Waals surface area contributed by atoms with Gasteiger partial charge in [-0.3, -0.25) is 0 Å². The van der Waals surface area contributed by atoms with Gasteiger partial charge in [0.15, 0.2) is 0 Å². The normalized spacial score (nSPS) is 11.1. The highest BCUT2D eigenvalue weighted by Crippen LogP contribution is 2.34. The quantitative estimate of drug-likeness (QED) is 0.325. The maximum atomic E-state index is 11.3. The fourth-order valence-corrected chi connectivity index (χ4v) is 2.10. The molecule has 0 aliphatic carbocycles. The van der Waals surface area contributed by atoms with Crippen LogP contribution in [-0.4, -0.2) is 73.3 Å². The van der Waals surface area contributed by atoms with Crippen molar-refractivity contribution in [3.63, 3.8) is 0 Å². The molecule has 0 unspecified atom stereocenters. The van der Waals surface area contributed by atoms with Gasteiger partial charge in [-0.25, -0.2) is 9.59 Å². The number of esters is 1. The smallest absolute Gasteiger partial charge is 0.407 e. The molecule has 0 aliphatic rings. The Balaban J connectivity index is -0.00000220. The van der Waals surface area contributed by atoms with Gasteiger partial charge in [-0.15, -0.1) is 10.3 Å². The Morgan fingerprint density at radius 1 is 1.17 bits per heavy atom. The molecule has 0 atom stereocenters. The first-order valence-corrected chi connectivity index (χ1v) is 9.54. The molecule has 4 N–H and O–H groups in total. The Kier molecular flexibility index (Phi) is 13.7. The number of alkyl carbamates (subject to hydrolysis) is 1. The number of ether oxygens (including phenoxy) is 3. The Hall–Kier alpha value is -1.29. The van der Waals surface area contributed by atoms with Crippen LogP contribution in [0.5, 0.6) is 0 Å². The van der Waals surface area contributed by atoms with Crippen molar-refractivity contribution < 1.29 is 35.3 Å². The van der Waals surface area contributed by atoms with Crippen LogP contribution in [0.3, 0.4) is 0 Å². The molecule has 0 saturated heterocycles. The summed E-state index contributed by atoms with van der Waals surface area (Å²) >= 11 is 0. The van der Waals surface area contributed by atoms with E-state index in [1.54, 1.807) is 6.92 Å². The maximum absolute atomic E-state index is 11.3. The van der Waals surface area contributed by atoms with Gasteiger partial charge in [-0.05, 0) is 25.9 Å². The third-order valence-corrected chi connectivity index (χ3v) is 3.63. The van der Waals surface area contributed by atoms with Gasteiger partial charge in [0.25, 0.3) is 0 Å². The van der Waals surface area contributed by atoms with Crippen molar-refractivity contribution in [1.82, 2.24) is 5.32 Å². The molecular weight excluding hydrogens is 326 g/mol. The molecule has 8 nitrogen and oxygen atoms in total. The van der Waals surface area contributed by atoms with Crippen molar-refractivity contribution in [3.05, 3.63) is 12.2 Å². The first-order chi connectivity index (χ1) is 10.2. The Bertz CT molecular complexity index is 375. The lowest BCUT2D eigenvalue weighted by Gasteiger charge is -2.22. The van der Waals surface area contributed by atoms with E-state index >= 15 is 0 Å². The second kappa shape index (κ2) is 13.2. The predicted molar refractivity (Wildman–Crippen MR) is 93.2 cm³/mol. The topological polar surface area (TPSA) is 126 Å². The van der Waals surface area contributed by atoms with Crippen molar-refractivity contribution in [3.8, 4) is 0 Å². The van der Waals surface area contributed by atoms with E-state index in [9.17, 15) is 14.1 Å². The van der Waals surface area contributed by atoms with Crippen molar-refractivity contribution in [1.29, 1.82) is 0 Å². The van der Waals surface area contributed by atoms with Crippen LogP contribution in [-0.2, 0) is 19.0 Å². The van der Waals surface area contributed by atoms with Crippen LogP contribution in [0.2, 0.25) is 0 Å². The van der Waals surface area contributed by atoms with Gasteiger partial charge in [0.05, 0.1) is 13.2 Å². The van der Waals surface area contributed by atoms with Crippen molar-refractivity contribution >= 4 is 22.4 Å². The first-order valence-electron chi connectivity index (χ1n) is 6.97. The Morgan fingerprint density at radius 3 is 2.39 bits per heavy atom. The van der Waals surface area contributed by atoms with E-state index in [-0.39, 0.29) is 26.7 Å². The first kappa shape index (κ1) is 24.0. The van der Waals surface area contributed by atoms with Gasteiger partial charge in [0.2, 0.25) is 0 Å². The molecule has 140 valence electrons. The van der Waals surface area contributed by atoms with E-state index < -0.39 is 22.4 Å². The average molecular weight is 357 g/mol. The van der Waals surface area contributed by atoms with E-state index in [1.165, 1.54) is 0 Å². The van der Waals surface area contributed by atoms with Crippen LogP contribution >= 0.6 is 10.3 Å².